The number of ketones is 2. The Labute approximate surface area is 113 Å². The van der Waals surface area contributed by atoms with Gasteiger partial charge in [0.05, 0.1) is 17.4 Å². The molecule has 106 valence electrons. The van der Waals surface area contributed by atoms with Crippen LogP contribution in [0.5, 0.6) is 0 Å². The fraction of sp³-hybridized carbons (Fsp3) is 0.600. The normalized spacial score (nSPS) is 14.4. The number of Topliss-reactive ketones (excluding diaryl/α,β-unsaturated/α-hetero) is 2. The topological polar surface area (TPSA) is 67.5 Å². The van der Waals surface area contributed by atoms with Crippen molar-refractivity contribution in [1.29, 1.82) is 0 Å². The summed E-state index contributed by atoms with van der Waals surface area (Å²) in [5.74, 6) is 0.247. The molecule has 4 nitrogen and oxygen atoms in total. The standard InChI is InChI=1S/C15H22O4/c1-11(2)8-13(16)9-15(3,18)6-4-14(17)12-5-7-19-10-12/h5,7,10-11,18H,4,6,8-9H2,1-3H3/t15-/m0/s1. The third-order valence-electron chi connectivity index (χ3n) is 2.95. The van der Waals surface area contributed by atoms with Crippen LogP contribution in [-0.4, -0.2) is 22.3 Å². The molecule has 0 bridgehead atoms. The smallest absolute Gasteiger partial charge is 0.166 e. The molecule has 19 heavy (non-hydrogen) atoms. The first-order chi connectivity index (χ1) is 8.80. The number of hydrogen-bond donors (Lipinski definition) is 1. The van der Waals surface area contributed by atoms with Gasteiger partial charge in [0, 0.05) is 19.3 Å². The minimum absolute atomic E-state index is 0.0377. The number of rotatable bonds is 8. The molecule has 0 radical (unpaired) electrons. The van der Waals surface area contributed by atoms with Crippen molar-refractivity contribution in [2.75, 3.05) is 0 Å². The predicted molar refractivity (Wildman–Crippen MR) is 72.0 cm³/mol. The molecule has 4 heteroatoms. The van der Waals surface area contributed by atoms with Crippen molar-refractivity contribution in [3.63, 3.8) is 0 Å². The minimum Gasteiger partial charge on any atom is -0.472 e. The maximum atomic E-state index is 11.8. The summed E-state index contributed by atoms with van der Waals surface area (Å²) < 4.78 is 4.84. The van der Waals surface area contributed by atoms with E-state index in [9.17, 15) is 14.7 Å². The maximum Gasteiger partial charge on any atom is 0.166 e. The second-order valence-corrected chi connectivity index (χ2v) is 5.75. The SMILES string of the molecule is CC(C)CC(=O)C[C@@](C)(O)CCC(=O)c1ccoc1. The average molecular weight is 266 g/mol. The Morgan fingerprint density at radius 1 is 1.42 bits per heavy atom. The summed E-state index contributed by atoms with van der Waals surface area (Å²) in [4.78, 5) is 23.4. The van der Waals surface area contributed by atoms with Crippen LogP contribution < -0.4 is 0 Å². The molecule has 0 saturated heterocycles. The Kier molecular flexibility index (Phi) is 5.48. The molecule has 0 saturated carbocycles. The third kappa shape index (κ3) is 5.83. The van der Waals surface area contributed by atoms with Crippen molar-refractivity contribution in [2.24, 2.45) is 5.92 Å². The summed E-state index contributed by atoms with van der Waals surface area (Å²) in [6, 6.07) is 1.60. The highest BCUT2D eigenvalue weighted by molar-refractivity contribution is 5.95. The van der Waals surface area contributed by atoms with E-state index in [0.717, 1.165) is 0 Å². The van der Waals surface area contributed by atoms with Gasteiger partial charge in [0.2, 0.25) is 0 Å². The first kappa shape index (κ1) is 15.6. The molecule has 0 aliphatic rings. The molecule has 0 fully saturated rings. The fourth-order valence-electron chi connectivity index (χ4n) is 1.99. The van der Waals surface area contributed by atoms with E-state index in [4.69, 9.17) is 4.42 Å². The van der Waals surface area contributed by atoms with E-state index in [2.05, 4.69) is 0 Å². The molecule has 1 atom stereocenters. The number of carbonyl (C=O) groups excluding carboxylic acids is 2. The van der Waals surface area contributed by atoms with Gasteiger partial charge in [-0.05, 0) is 25.3 Å². The molecule has 0 aliphatic carbocycles. The summed E-state index contributed by atoms with van der Waals surface area (Å²) in [5.41, 5.74) is -0.616. The molecular formula is C15H22O4. The van der Waals surface area contributed by atoms with Crippen molar-refractivity contribution in [1.82, 2.24) is 0 Å². The summed E-state index contributed by atoms with van der Waals surface area (Å²) >= 11 is 0. The number of carbonyl (C=O) groups is 2. The molecule has 0 unspecified atom stereocenters. The Balaban J connectivity index is 2.42. The molecule has 0 spiro atoms. The largest absolute Gasteiger partial charge is 0.472 e. The zero-order valence-electron chi connectivity index (χ0n) is 11.8. The first-order valence-electron chi connectivity index (χ1n) is 6.59. The molecule has 1 aromatic rings. The summed E-state index contributed by atoms with van der Waals surface area (Å²) in [6.07, 6.45) is 3.89. The average Bonchev–Trinajstić information content (AvgIpc) is 2.77. The molecule has 1 rings (SSSR count). The van der Waals surface area contributed by atoms with Crippen molar-refractivity contribution >= 4 is 11.6 Å². The van der Waals surface area contributed by atoms with E-state index in [0.29, 0.717) is 12.0 Å². The highest BCUT2D eigenvalue weighted by Crippen LogP contribution is 2.20. The monoisotopic (exact) mass is 266 g/mol. The summed E-state index contributed by atoms with van der Waals surface area (Å²) in [7, 11) is 0. The van der Waals surface area contributed by atoms with E-state index in [-0.39, 0.29) is 36.7 Å². The molecule has 1 heterocycles. The first-order valence-corrected chi connectivity index (χ1v) is 6.59. The Morgan fingerprint density at radius 3 is 2.63 bits per heavy atom. The Bertz CT molecular complexity index is 415. The Morgan fingerprint density at radius 2 is 2.11 bits per heavy atom. The quantitative estimate of drug-likeness (QED) is 0.734. The van der Waals surface area contributed by atoms with Gasteiger partial charge < -0.3 is 9.52 Å². The van der Waals surface area contributed by atoms with Gasteiger partial charge in [-0.15, -0.1) is 0 Å². The highest BCUT2D eigenvalue weighted by atomic mass is 16.3. The molecule has 1 aromatic heterocycles. The van der Waals surface area contributed by atoms with Crippen LogP contribution in [-0.2, 0) is 4.79 Å². The van der Waals surface area contributed by atoms with Crippen LogP contribution >= 0.6 is 0 Å². The van der Waals surface area contributed by atoms with Gasteiger partial charge in [0.25, 0.3) is 0 Å². The number of furan rings is 1. The lowest BCUT2D eigenvalue weighted by Gasteiger charge is -2.22. The second-order valence-electron chi connectivity index (χ2n) is 5.75. The van der Waals surface area contributed by atoms with Crippen molar-refractivity contribution in [3.8, 4) is 0 Å². The van der Waals surface area contributed by atoms with Gasteiger partial charge >= 0.3 is 0 Å². The van der Waals surface area contributed by atoms with Crippen LogP contribution in [0.15, 0.2) is 23.0 Å². The van der Waals surface area contributed by atoms with E-state index in [1.807, 2.05) is 13.8 Å². The van der Waals surface area contributed by atoms with Crippen molar-refractivity contribution in [3.05, 3.63) is 24.2 Å². The van der Waals surface area contributed by atoms with Crippen LogP contribution in [0.2, 0.25) is 0 Å². The maximum absolute atomic E-state index is 11.8. The van der Waals surface area contributed by atoms with Crippen LogP contribution in [0.3, 0.4) is 0 Å². The number of aliphatic hydroxyl groups is 1. The lowest BCUT2D eigenvalue weighted by molar-refractivity contribution is -0.124. The van der Waals surface area contributed by atoms with E-state index >= 15 is 0 Å². The van der Waals surface area contributed by atoms with Gasteiger partial charge in [-0.2, -0.15) is 0 Å². The van der Waals surface area contributed by atoms with Crippen LogP contribution in [0.25, 0.3) is 0 Å². The molecule has 0 amide bonds. The minimum atomic E-state index is -1.12. The Hall–Kier alpha value is -1.42. The van der Waals surface area contributed by atoms with Crippen LogP contribution in [0.1, 0.15) is 56.8 Å². The van der Waals surface area contributed by atoms with E-state index in [1.54, 1.807) is 13.0 Å². The number of hydrogen-bond acceptors (Lipinski definition) is 4. The molecule has 1 N–H and O–H groups in total. The van der Waals surface area contributed by atoms with Gasteiger partial charge in [-0.3, -0.25) is 9.59 Å². The summed E-state index contributed by atoms with van der Waals surface area (Å²) in [6.45, 7) is 5.54. The lowest BCUT2D eigenvalue weighted by Crippen LogP contribution is -2.29. The second kappa shape index (κ2) is 6.66. The molecule has 0 aromatic carbocycles. The van der Waals surface area contributed by atoms with E-state index in [1.165, 1.54) is 12.5 Å². The van der Waals surface area contributed by atoms with E-state index < -0.39 is 5.60 Å². The predicted octanol–water partition coefficient (Wildman–Crippen LogP) is 3.00. The molecule has 0 aliphatic heterocycles. The van der Waals surface area contributed by atoms with Gasteiger partial charge in [0.15, 0.2) is 5.78 Å². The zero-order chi connectivity index (χ0) is 14.5. The third-order valence-corrected chi connectivity index (χ3v) is 2.95. The van der Waals surface area contributed by atoms with Crippen LogP contribution in [0, 0.1) is 5.92 Å². The van der Waals surface area contributed by atoms with Gasteiger partial charge in [-0.25, -0.2) is 0 Å². The lowest BCUT2D eigenvalue weighted by atomic mass is 9.89. The van der Waals surface area contributed by atoms with Gasteiger partial charge in [0.1, 0.15) is 12.0 Å². The highest BCUT2D eigenvalue weighted by Gasteiger charge is 2.25. The van der Waals surface area contributed by atoms with Gasteiger partial charge in [-0.1, -0.05) is 13.8 Å². The molecular weight excluding hydrogens is 244 g/mol. The van der Waals surface area contributed by atoms with Crippen molar-refractivity contribution < 1.29 is 19.1 Å². The zero-order valence-corrected chi connectivity index (χ0v) is 11.8. The van der Waals surface area contributed by atoms with Crippen molar-refractivity contribution in [2.45, 2.75) is 52.1 Å². The fourth-order valence-corrected chi connectivity index (χ4v) is 1.99. The summed E-state index contributed by atoms with van der Waals surface area (Å²) in [5, 5.41) is 10.1. The van der Waals surface area contributed by atoms with Crippen LogP contribution in [0.4, 0.5) is 0 Å².